The zero-order valence-corrected chi connectivity index (χ0v) is 12.6. The summed E-state index contributed by atoms with van der Waals surface area (Å²) in [6.45, 7) is 1.22. The molecule has 112 valence electrons. The van der Waals surface area contributed by atoms with Crippen LogP contribution in [0, 0.1) is 0 Å². The minimum absolute atomic E-state index is 0.184. The molecule has 0 radical (unpaired) electrons. The van der Waals surface area contributed by atoms with Crippen molar-refractivity contribution < 1.29 is 14.3 Å². The van der Waals surface area contributed by atoms with Gasteiger partial charge in [0.05, 0.1) is 12.7 Å². The molecule has 0 atom stereocenters. The number of rotatable bonds is 3. The molecule has 21 heavy (non-hydrogen) atoms. The normalized spacial score (nSPS) is 17.0. The van der Waals surface area contributed by atoms with Gasteiger partial charge in [-0.15, -0.1) is 0 Å². The number of carbonyl (C=O) groups is 2. The van der Waals surface area contributed by atoms with Gasteiger partial charge in [-0.3, -0.25) is 4.79 Å². The second-order valence-electron chi connectivity index (χ2n) is 5.25. The van der Waals surface area contributed by atoms with Crippen LogP contribution in [-0.2, 0) is 9.53 Å². The standard InChI is InChI=1S/C16H20N2O3/c1-17(2)10-13-11-18(8-7-15(13)19)14-6-4-5-12(9-14)16(20)21-3/h4-6,9-10H,7-8,11H2,1-3H3/b13-10-. The Kier molecular flexibility index (Phi) is 4.62. The molecule has 1 heterocycles. The van der Waals surface area contributed by atoms with E-state index in [9.17, 15) is 9.59 Å². The summed E-state index contributed by atoms with van der Waals surface area (Å²) in [5, 5.41) is 0. The maximum atomic E-state index is 11.9. The average molecular weight is 288 g/mol. The van der Waals surface area contributed by atoms with E-state index in [-0.39, 0.29) is 11.8 Å². The topological polar surface area (TPSA) is 49.9 Å². The van der Waals surface area contributed by atoms with Crippen LogP contribution in [0.4, 0.5) is 5.69 Å². The van der Waals surface area contributed by atoms with E-state index in [1.54, 1.807) is 12.1 Å². The monoisotopic (exact) mass is 288 g/mol. The molecular formula is C16H20N2O3. The van der Waals surface area contributed by atoms with E-state index >= 15 is 0 Å². The summed E-state index contributed by atoms with van der Waals surface area (Å²) in [4.78, 5) is 27.5. The van der Waals surface area contributed by atoms with Crippen molar-refractivity contribution in [1.82, 2.24) is 4.90 Å². The molecule has 2 rings (SSSR count). The number of anilines is 1. The van der Waals surface area contributed by atoms with Crippen molar-refractivity contribution in [3.63, 3.8) is 0 Å². The lowest BCUT2D eigenvalue weighted by atomic mass is 10.0. The maximum Gasteiger partial charge on any atom is 0.337 e. The third-order valence-electron chi connectivity index (χ3n) is 3.37. The average Bonchev–Trinajstić information content (AvgIpc) is 2.48. The Bertz CT molecular complexity index is 579. The largest absolute Gasteiger partial charge is 0.465 e. The third kappa shape index (κ3) is 3.62. The van der Waals surface area contributed by atoms with Crippen LogP contribution in [0.1, 0.15) is 16.8 Å². The molecule has 0 unspecified atom stereocenters. The highest BCUT2D eigenvalue weighted by Gasteiger charge is 2.22. The van der Waals surface area contributed by atoms with Crippen LogP contribution >= 0.6 is 0 Å². The van der Waals surface area contributed by atoms with Gasteiger partial charge in [0.2, 0.25) is 0 Å². The molecule has 1 aliphatic rings. The summed E-state index contributed by atoms with van der Waals surface area (Å²) in [5.74, 6) is -0.168. The molecule has 1 aromatic carbocycles. The second-order valence-corrected chi connectivity index (χ2v) is 5.25. The molecule has 0 saturated carbocycles. The first-order valence-corrected chi connectivity index (χ1v) is 6.85. The van der Waals surface area contributed by atoms with Crippen molar-refractivity contribution in [1.29, 1.82) is 0 Å². The molecule has 0 aliphatic carbocycles. The van der Waals surface area contributed by atoms with E-state index in [1.807, 2.05) is 37.3 Å². The summed E-state index contributed by atoms with van der Waals surface area (Å²) >= 11 is 0. The Morgan fingerprint density at radius 3 is 2.81 bits per heavy atom. The lowest BCUT2D eigenvalue weighted by Crippen LogP contribution is -2.36. The molecule has 0 spiro atoms. The van der Waals surface area contributed by atoms with Crippen LogP contribution in [0.3, 0.4) is 0 Å². The van der Waals surface area contributed by atoms with Gasteiger partial charge in [0.15, 0.2) is 5.78 Å². The summed E-state index contributed by atoms with van der Waals surface area (Å²) in [6.07, 6.45) is 2.35. The van der Waals surface area contributed by atoms with Crippen LogP contribution in [0.5, 0.6) is 0 Å². The first-order chi connectivity index (χ1) is 10.0. The van der Waals surface area contributed by atoms with Gasteiger partial charge in [0, 0.05) is 51.1 Å². The SMILES string of the molecule is COC(=O)c1cccc(N2CCC(=O)/C(=C\N(C)C)C2)c1. The van der Waals surface area contributed by atoms with Gasteiger partial charge in [0.25, 0.3) is 0 Å². The Hall–Kier alpha value is -2.30. The Balaban J connectivity index is 2.22. The zero-order valence-electron chi connectivity index (χ0n) is 12.6. The Morgan fingerprint density at radius 1 is 1.38 bits per heavy atom. The van der Waals surface area contributed by atoms with E-state index < -0.39 is 0 Å². The number of Topliss-reactive ketones (excluding diaryl/α,β-unsaturated/α-hetero) is 1. The molecule has 0 N–H and O–H groups in total. The van der Waals surface area contributed by atoms with E-state index in [1.165, 1.54) is 7.11 Å². The molecule has 1 saturated heterocycles. The number of piperidine rings is 1. The van der Waals surface area contributed by atoms with E-state index in [4.69, 9.17) is 4.74 Å². The van der Waals surface area contributed by atoms with Crippen molar-refractivity contribution in [2.24, 2.45) is 0 Å². The van der Waals surface area contributed by atoms with Crippen molar-refractivity contribution in [3.05, 3.63) is 41.6 Å². The van der Waals surface area contributed by atoms with Crippen molar-refractivity contribution >= 4 is 17.4 Å². The lowest BCUT2D eigenvalue weighted by Gasteiger charge is -2.30. The number of esters is 1. The van der Waals surface area contributed by atoms with E-state index in [0.29, 0.717) is 25.1 Å². The van der Waals surface area contributed by atoms with Gasteiger partial charge < -0.3 is 14.5 Å². The molecular weight excluding hydrogens is 268 g/mol. The lowest BCUT2D eigenvalue weighted by molar-refractivity contribution is -0.116. The van der Waals surface area contributed by atoms with Gasteiger partial charge >= 0.3 is 5.97 Å². The fourth-order valence-corrected chi connectivity index (χ4v) is 2.36. The smallest absolute Gasteiger partial charge is 0.337 e. The minimum Gasteiger partial charge on any atom is -0.465 e. The van der Waals surface area contributed by atoms with Crippen LogP contribution in [0.15, 0.2) is 36.0 Å². The molecule has 1 fully saturated rings. The van der Waals surface area contributed by atoms with Crippen molar-refractivity contribution in [2.45, 2.75) is 6.42 Å². The maximum absolute atomic E-state index is 11.9. The van der Waals surface area contributed by atoms with Gasteiger partial charge in [-0.25, -0.2) is 4.79 Å². The number of hydrogen-bond donors (Lipinski definition) is 0. The number of benzene rings is 1. The van der Waals surface area contributed by atoms with Gasteiger partial charge in [-0.2, -0.15) is 0 Å². The fraction of sp³-hybridized carbons (Fsp3) is 0.375. The summed E-state index contributed by atoms with van der Waals surface area (Å²) < 4.78 is 4.74. The Morgan fingerprint density at radius 2 is 2.14 bits per heavy atom. The molecule has 0 amide bonds. The zero-order chi connectivity index (χ0) is 15.4. The highest BCUT2D eigenvalue weighted by molar-refractivity contribution is 5.98. The summed E-state index contributed by atoms with van der Waals surface area (Å²) in [6, 6.07) is 7.29. The highest BCUT2D eigenvalue weighted by Crippen LogP contribution is 2.22. The first-order valence-electron chi connectivity index (χ1n) is 6.85. The van der Waals surface area contributed by atoms with E-state index in [0.717, 1.165) is 11.3 Å². The second kappa shape index (κ2) is 6.43. The predicted octanol–water partition coefficient (Wildman–Crippen LogP) is 1.70. The molecule has 0 aromatic heterocycles. The molecule has 1 aliphatic heterocycles. The van der Waals surface area contributed by atoms with Gasteiger partial charge in [-0.05, 0) is 18.2 Å². The number of ether oxygens (including phenoxy) is 1. The van der Waals surface area contributed by atoms with Crippen LogP contribution in [0.2, 0.25) is 0 Å². The number of nitrogens with zero attached hydrogens (tertiary/aromatic N) is 2. The molecule has 0 bridgehead atoms. The predicted molar refractivity (Wildman–Crippen MR) is 81.4 cm³/mol. The minimum atomic E-state index is -0.353. The Labute approximate surface area is 124 Å². The van der Waals surface area contributed by atoms with Gasteiger partial charge in [0.1, 0.15) is 0 Å². The van der Waals surface area contributed by atoms with Crippen molar-refractivity contribution in [2.75, 3.05) is 39.2 Å². The van der Waals surface area contributed by atoms with Crippen LogP contribution in [-0.4, -0.2) is 50.9 Å². The fourth-order valence-electron chi connectivity index (χ4n) is 2.36. The summed E-state index contributed by atoms with van der Waals surface area (Å²) in [5.41, 5.74) is 2.23. The van der Waals surface area contributed by atoms with Crippen LogP contribution < -0.4 is 4.90 Å². The quantitative estimate of drug-likeness (QED) is 0.626. The number of carbonyl (C=O) groups excluding carboxylic acids is 2. The molecule has 5 heteroatoms. The first kappa shape index (κ1) is 15.1. The summed E-state index contributed by atoms with van der Waals surface area (Å²) in [7, 11) is 5.17. The number of hydrogen-bond acceptors (Lipinski definition) is 5. The highest BCUT2D eigenvalue weighted by atomic mass is 16.5. The van der Waals surface area contributed by atoms with E-state index in [2.05, 4.69) is 4.90 Å². The molecule has 5 nitrogen and oxygen atoms in total. The van der Waals surface area contributed by atoms with Crippen molar-refractivity contribution in [3.8, 4) is 0 Å². The molecule has 1 aromatic rings. The number of methoxy groups -OCH3 is 1. The third-order valence-corrected chi connectivity index (χ3v) is 3.37. The van der Waals surface area contributed by atoms with Crippen LogP contribution in [0.25, 0.3) is 0 Å². The van der Waals surface area contributed by atoms with Gasteiger partial charge in [-0.1, -0.05) is 6.07 Å². The number of ketones is 1.